The Bertz CT molecular complexity index is 662. The second kappa shape index (κ2) is 6.41. The van der Waals surface area contributed by atoms with E-state index in [4.69, 9.17) is 9.47 Å². The number of hydrogen-bond acceptors (Lipinski definition) is 3. The summed E-state index contributed by atoms with van der Waals surface area (Å²) in [5, 5.41) is 10.3. The zero-order chi connectivity index (χ0) is 15.6. The van der Waals surface area contributed by atoms with E-state index in [1.807, 2.05) is 0 Å². The molecular formula is C15H13BrF2O3. The van der Waals surface area contributed by atoms with Gasteiger partial charge in [-0.15, -0.1) is 0 Å². The lowest BCUT2D eigenvalue weighted by molar-refractivity contribution is 0.208. The number of aliphatic hydroxyl groups is 1. The Kier molecular flexibility index (Phi) is 4.80. The van der Waals surface area contributed by atoms with Gasteiger partial charge < -0.3 is 14.6 Å². The van der Waals surface area contributed by atoms with Gasteiger partial charge in [-0.2, -0.15) is 0 Å². The molecule has 1 N–H and O–H groups in total. The van der Waals surface area contributed by atoms with E-state index >= 15 is 0 Å². The molecule has 1 atom stereocenters. The molecule has 0 aromatic heterocycles. The lowest BCUT2D eigenvalue weighted by Crippen LogP contribution is -2.06. The van der Waals surface area contributed by atoms with Crippen LogP contribution in [-0.4, -0.2) is 19.3 Å². The first-order valence-electron chi connectivity index (χ1n) is 6.03. The van der Waals surface area contributed by atoms with E-state index in [9.17, 15) is 13.9 Å². The monoisotopic (exact) mass is 358 g/mol. The molecule has 0 aliphatic carbocycles. The van der Waals surface area contributed by atoms with Crippen LogP contribution in [0.15, 0.2) is 34.8 Å². The first-order valence-corrected chi connectivity index (χ1v) is 6.82. The summed E-state index contributed by atoms with van der Waals surface area (Å²) >= 11 is 3.30. The number of aliphatic hydroxyl groups excluding tert-OH is 1. The summed E-state index contributed by atoms with van der Waals surface area (Å²) in [4.78, 5) is 0. The highest BCUT2D eigenvalue weighted by Crippen LogP contribution is 2.41. The topological polar surface area (TPSA) is 38.7 Å². The minimum absolute atomic E-state index is 0.162. The van der Waals surface area contributed by atoms with Crippen molar-refractivity contribution in [3.05, 3.63) is 57.6 Å². The third-order valence-electron chi connectivity index (χ3n) is 3.06. The fourth-order valence-electron chi connectivity index (χ4n) is 2.03. The minimum Gasteiger partial charge on any atom is -0.495 e. The summed E-state index contributed by atoms with van der Waals surface area (Å²) in [5.41, 5.74) is 0.139. The molecule has 21 heavy (non-hydrogen) atoms. The van der Waals surface area contributed by atoms with Gasteiger partial charge in [0.1, 0.15) is 33.7 Å². The van der Waals surface area contributed by atoms with Gasteiger partial charge in [0.05, 0.1) is 14.2 Å². The van der Waals surface area contributed by atoms with Gasteiger partial charge in [0.15, 0.2) is 0 Å². The Morgan fingerprint density at radius 2 is 1.76 bits per heavy atom. The van der Waals surface area contributed by atoms with E-state index < -0.39 is 17.7 Å². The number of benzene rings is 2. The number of halogens is 3. The predicted molar refractivity (Wildman–Crippen MR) is 77.7 cm³/mol. The smallest absolute Gasteiger partial charge is 0.142 e. The second-order valence-electron chi connectivity index (χ2n) is 4.27. The molecule has 3 nitrogen and oxygen atoms in total. The molecule has 0 aliphatic heterocycles. The van der Waals surface area contributed by atoms with Gasteiger partial charge in [-0.25, -0.2) is 8.78 Å². The molecule has 2 aromatic carbocycles. The fourth-order valence-corrected chi connectivity index (χ4v) is 2.71. The SMILES string of the molecule is COc1ccc(C(O)c2cc(F)ccc2F)c(OC)c1Br. The van der Waals surface area contributed by atoms with Crippen LogP contribution in [0.3, 0.4) is 0 Å². The zero-order valence-corrected chi connectivity index (χ0v) is 12.9. The fraction of sp³-hybridized carbons (Fsp3) is 0.200. The maximum absolute atomic E-state index is 13.8. The van der Waals surface area contributed by atoms with Crippen molar-refractivity contribution in [2.24, 2.45) is 0 Å². The Morgan fingerprint density at radius 3 is 2.38 bits per heavy atom. The maximum atomic E-state index is 13.8. The van der Waals surface area contributed by atoms with Crippen molar-refractivity contribution in [3.63, 3.8) is 0 Å². The standard InChI is InChI=1S/C15H13BrF2O3/c1-20-12-6-4-9(15(21-2)13(12)16)14(19)10-7-8(17)3-5-11(10)18/h3-7,14,19H,1-2H3. The van der Waals surface area contributed by atoms with Crippen molar-refractivity contribution in [1.82, 2.24) is 0 Å². The van der Waals surface area contributed by atoms with E-state index in [0.717, 1.165) is 18.2 Å². The van der Waals surface area contributed by atoms with E-state index in [1.165, 1.54) is 20.3 Å². The van der Waals surface area contributed by atoms with Crippen molar-refractivity contribution in [3.8, 4) is 11.5 Å². The summed E-state index contributed by atoms with van der Waals surface area (Å²) in [5.74, 6) is -0.525. The van der Waals surface area contributed by atoms with E-state index in [2.05, 4.69) is 15.9 Å². The molecule has 0 heterocycles. The van der Waals surface area contributed by atoms with Gasteiger partial charge in [0.25, 0.3) is 0 Å². The van der Waals surface area contributed by atoms with Gasteiger partial charge in [0, 0.05) is 11.1 Å². The van der Waals surface area contributed by atoms with E-state index in [-0.39, 0.29) is 5.56 Å². The van der Waals surface area contributed by atoms with Crippen LogP contribution in [0, 0.1) is 11.6 Å². The summed E-state index contributed by atoms with van der Waals surface area (Å²) in [6.07, 6.45) is -1.36. The normalized spacial score (nSPS) is 12.1. The number of hydrogen-bond donors (Lipinski definition) is 1. The Balaban J connectivity index is 2.55. The van der Waals surface area contributed by atoms with Crippen LogP contribution < -0.4 is 9.47 Å². The van der Waals surface area contributed by atoms with Crippen LogP contribution >= 0.6 is 15.9 Å². The van der Waals surface area contributed by atoms with Crippen LogP contribution in [0.25, 0.3) is 0 Å². The summed E-state index contributed by atoms with van der Waals surface area (Å²) in [7, 11) is 2.90. The Morgan fingerprint density at radius 1 is 1.05 bits per heavy atom. The van der Waals surface area contributed by atoms with Crippen LogP contribution in [0.2, 0.25) is 0 Å². The highest BCUT2D eigenvalue weighted by atomic mass is 79.9. The van der Waals surface area contributed by atoms with Crippen LogP contribution in [-0.2, 0) is 0 Å². The molecule has 1 unspecified atom stereocenters. The first-order chi connectivity index (χ1) is 9.99. The second-order valence-corrected chi connectivity index (χ2v) is 5.07. The zero-order valence-electron chi connectivity index (χ0n) is 11.4. The largest absolute Gasteiger partial charge is 0.495 e. The molecule has 0 saturated carbocycles. The number of rotatable bonds is 4. The van der Waals surface area contributed by atoms with Crippen molar-refractivity contribution in [2.45, 2.75) is 6.10 Å². The summed E-state index contributed by atoms with van der Waals surface area (Å²) in [6.45, 7) is 0. The third-order valence-corrected chi connectivity index (χ3v) is 3.81. The van der Waals surface area contributed by atoms with E-state index in [0.29, 0.717) is 21.5 Å². The average molecular weight is 359 g/mol. The highest BCUT2D eigenvalue weighted by molar-refractivity contribution is 9.10. The molecule has 2 rings (SSSR count). The molecule has 0 saturated heterocycles. The van der Waals surface area contributed by atoms with Crippen molar-refractivity contribution >= 4 is 15.9 Å². The maximum Gasteiger partial charge on any atom is 0.142 e. The highest BCUT2D eigenvalue weighted by Gasteiger charge is 2.22. The average Bonchev–Trinajstić information content (AvgIpc) is 2.48. The van der Waals surface area contributed by atoms with Gasteiger partial charge >= 0.3 is 0 Å². The molecule has 112 valence electrons. The van der Waals surface area contributed by atoms with Crippen molar-refractivity contribution < 1.29 is 23.4 Å². The quantitative estimate of drug-likeness (QED) is 0.902. The molecule has 0 spiro atoms. The number of ether oxygens (including phenoxy) is 2. The predicted octanol–water partition coefficient (Wildman–Crippen LogP) is 3.83. The molecule has 0 aliphatic rings. The van der Waals surface area contributed by atoms with Gasteiger partial charge in [-0.3, -0.25) is 0 Å². The van der Waals surface area contributed by atoms with Gasteiger partial charge in [0.2, 0.25) is 0 Å². The van der Waals surface area contributed by atoms with Crippen molar-refractivity contribution in [2.75, 3.05) is 14.2 Å². The number of methoxy groups -OCH3 is 2. The summed E-state index contributed by atoms with van der Waals surface area (Å²) < 4.78 is 37.9. The minimum atomic E-state index is -1.36. The Labute approximate surface area is 129 Å². The van der Waals surface area contributed by atoms with E-state index in [1.54, 1.807) is 6.07 Å². The summed E-state index contributed by atoms with van der Waals surface area (Å²) in [6, 6.07) is 6.06. The van der Waals surface area contributed by atoms with Gasteiger partial charge in [-0.05, 0) is 46.3 Å². The third kappa shape index (κ3) is 3.01. The first kappa shape index (κ1) is 15.7. The molecule has 6 heteroatoms. The van der Waals surface area contributed by atoms with Crippen LogP contribution in [0.4, 0.5) is 8.78 Å². The molecule has 2 aromatic rings. The molecule has 0 fully saturated rings. The lowest BCUT2D eigenvalue weighted by atomic mass is 10.00. The van der Waals surface area contributed by atoms with Crippen LogP contribution in [0.1, 0.15) is 17.2 Å². The van der Waals surface area contributed by atoms with Crippen LogP contribution in [0.5, 0.6) is 11.5 Å². The lowest BCUT2D eigenvalue weighted by Gasteiger charge is -2.18. The molecule has 0 amide bonds. The van der Waals surface area contributed by atoms with Crippen molar-refractivity contribution in [1.29, 1.82) is 0 Å². The molecule has 0 radical (unpaired) electrons. The Hall–Kier alpha value is -1.66. The molecular weight excluding hydrogens is 346 g/mol. The van der Waals surface area contributed by atoms with Gasteiger partial charge in [-0.1, -0.05) is 0 Å². The molecule has 0 bridgehead atoms.